The molecule has 0 amide bonds. The zero-order chi connectivity index (χ0) is 19.1. The summed E-state index contributed by atoms with van der Waals surface area (Å²) in [5.74, 6) is 0.537. The van der Waals surface area contributed by atoms with Crippen LogP contribution in [0.1, 0.15) is 23.1 Å². The molecule has 2 nitrogen and oxygen atoms in total. The summed E-state index contributed by atoms with van der Waals surface area (Å²) >= 11 is 0. The SMILES string of the molecule is OC1=CCC=C(C2(c3ccc(O)cc3)c3ccccc3-c3ccccc32)C=C1. The van der Waals surface area contributed by atoms with E-state index in [9.17, 15) is 10.2 Å². The Morgan fingerprint density at radius 2 is 1.25 bits per heavy atom. The summed E-state index contributed by atoms with van der Waals surface area (Å²) in [5.41, 5.74) is 6.62. The smallest absolute Gasteiger partial charge is 0.115 e. The third-order valence-electron chi connectivity index (χ3n) is 5.78. The summed E-state index contributed by atoms with van der Waals surface area (Å²) in [7, 11) is 0. The number of fused-ring (bicyclic) bond motifs is 3. The molecular weight excluding hydrogens is 344 g/mol. The van der Waals surface area contributed by atoms with Crippen LogP contribution in [0.5, 0.6) is 5.75 Å². The minimum atomic E-state index is -0.490. The molecule has 2 N–H and O–H groups in total. The Hall–Kier alpha value is -3.52. The molecule has 0 radical (unpaired) electrons. The Labute approximate surface area is 164 Å². The summed E-state index contributed by atoms with van der Waals surface area (Å²) < 4.78 is 0. The van der Waals surface area contributed by atoms with E-state index in [-0.39, 0.29) is 11.5 Å². The van der Waals surface area contributed by atoms with E-state index in [1.165, 1.54) is 22.3 Å². The molecule has 2 aliphatic rings. The van der Waals surface area contributed by atoms with E-state index in [0.29, 0.717) is 6.42 Å². The average molecular weight is 364 g/mol. The minimum absolute atomic E-state index is 0.253. The summed E-state index contributed by atoms with van der Waals surface area (Å²) in [6.45, 7) is 0. The molecule has 0 aliphatic heterocycles. The number of aliphatic hydroxyl groups is 1. The minimum Gasteiger partial charge on any atom is -0.508 e. The van der Waals surface area contributed by atoms with Crippen LogP contribution >= 0.6 is 0 Å². The number of aliphatic hydroxyl groups excluding tert-OH is 1. The lowest BCUT2D eigenvalue weighted by Gasteiger charge is -2.34. The second kappa shape index (κ2) is 6.28. The highest BCUT2D eigenvalue weighted by molar-refractivity contribution is 5.86. The van der Waals surface area contributed by atoms with Crippen LogP contribution < -0.4 is 0 Å². The van der Waals surface area contributed by atoms with Gasteiger partial charge in [0, 0.05) is 0 Å². The second-order valence-electron chi connectivity index (χ2n) is 7.25. The average Bonchev–Trinajstić information content (AvgIpc) is 2.84. The number of rotatable bonds is 2. The maximum atomic E-state index is 10.0. The number of aromatic hydroxyl groups is 1. The van der Waals surface area contributed by atoms with E-state index in [1.807, 2.05) is 24.3 Å². The normalized spacial score (nSPS) is 16.6. The van der Waals surface area contributed by atoms with E-state index >= 15 is 0 Å². The molecule has 2 heteroatoms. The molecule has 136 valence electrons. The lowest BCUT2D eigenvalue weighted by molar-refractivity contribution is 0.430. The van der Waals surface area contributed by atoms with Crippen molar-refractivity contribution in [1.29, 1.82) is 0 Å². The Kier molecular flexibility index (Phi) is 3.73. The Morgan fingerprint density at radius 3 is 1.89 bits per heavy atom. The van der Waals surface area contributed by atoms with Crippen molar-refractivity contribution in [2.75, 3.05) is 0 Å². The van der Waals surface area contributed by atoms with Gasteiger partial charge in [0.15, 0.2) is 0 Å². The maximum Gasteiger partial charge on any atom is 0.115 e. The number of phenols is 1. The van der Waals surface area contributed by atoms with Gasteiger partial charge < -0.3 is 10.2 Å². The Morgan fingerprint density at radius 1 is 0.643 bits per heavy atom. The Bertz CT molecular complexity index is 1100. The van der Waals surface area contributed by atoms with Crippen LogP contribution in [0, 0.1) is 0 Å². The van der Waals surface area contributed by atoms with E-state index in [2.05, 4.69) is 54.6 Å². The molecule has 0 atom stereocenters. The number of benzene rings is 3. The standard InChI is InChI=1S/C26H20O2/c27-20-7-5-6-18(12-15-20)26(19-13-16-21(28)17-14-19)24-10-3-1-8-22(24)23-9-2-4-11-25(23)26/h1-4,6-17,27-28H,5H2. The van der Waals surface area contributed by atoms with Gasteiger partial charge >= 0.3 is 0 Å². The molecule has 0 fully saturated rings. The quantitative estimate of drug-likeness (QED) is 0.582. The van der Waals surface area contributed by atoms with Gasteiger partial charge in [-0.2, -0.15) is 0 Å². The van der Waals surface area contributed by atoms with Gasteiger partial charge in [0.05, 0.1) is 5.41 Å². The van der Waals surface area contributed by atoms with E-state index in [1.54, 1.807) is 18.2 Å². The highest BCUT2D eigenvalue weighted by Gasteiger charge is 2.46. The van der Waals surface area contributed by atoms with Gasteiger partial charge in [-0.25, -0.2) is 0 Å². The highest BCUT2D eigenvalue weighted by atomic mass is 16.3. The van der Waals surface area contributed by atoms with Crippen molar-refractivity contribution in [2.24, 2.45) is 0 Å². The lowest BCUT2D eigenvalue weighted by Crippen LogP contribution is -2.29. The van der Waals surface area contributed by atoms with Crippen LogP contribution in [-0.2, 0) is 5.41 Å². The summed E-state index contributed by atoms with van der Waals surface area (Å²) in [4.78, 5) is 0. The van der Waals surface area contributed by atoms with Crippen molar-refractivity contribution in [3.8, 4) is 16.9 Å². The van der Waals surface area contributed by atoms with Gasteiger partial charge in [0.2, 0.25) is 0 Å². The molecule has 3 aromatic rings. The van der Waals surface area contributed by atoms with E-state index < -0.39 is 5.41 Å². The van der Waals surface area contributed by atoms with Crippen LogP contribution in [0.25, 0.3) is 11.1 Å². The molecule has 5 rings (SSSR count). The molecule has 0 bridgehead atoms. The molecule has 0 heterocycles. The molecule has 28 heavy (non-hydrogen) atoms. The van der Waals surface area contributed by atoms with Crippen LogP contribution in [-0.4, -0.2) is 10.2 Å². The third kappa shape index (κ3) is 2.28. The first kappa shape index (κ1) is 16.6. The second-order valence-corrected chi connectivity index (χ2v) is 7.25. The van der Waals surface area contributed by atoms with Crippen LogP contribution in [0.4, 0.5) is 0 Å². The fourth-order valence-electron chi connectivity index (χ4n) is 4.63. The van der Waals surface area contributed by atoms with Crippen molar-refractivity contribution in [2.45, 2.75) is 11.8 Å². The van der Waals surface area contributed by atoms with Crippen molar-refractivity contribution >= 4 is 0 Å². The van der Waals surface area contributed by atoms with Crippen molar-refractivity contribution in [1.82, 2.24) is 0 Å². The fraction of sp³-hybridized carbons (Fsp3) is 0.0769. The van der Waals surface area contributed by atoms with Crippen molar-refractivity contribution in [3.63, 3.8) is 0 Å². The van der Waals surface area contributed by atoms with Crippen LogP contribution in [0.2, 0.25) is 0 Å². The van der Waals surface area contributed by atoms with Gasteiger partial charge in [-0.1, -0.05) is 72.8 Å². The van der Waals surface area contributed by atoms with Crippen molar-refractivity contribution < 1.29 is 10.2 Å². The van der Waals surface area contributed by atoms with Gasteiger partial charge in [-0.3, -0.25) is 0 Å². The topological polar surface area (TPSA) is 40.5 Å². The predicted octanol–water partition coefficient (Wildman–Crippen LogP) is 6.04. The monoisotopic (exact) mass is 364 g/mol. The predicted molar refractivity (Wildman–Crippen MR) is 112 cm³/mol. The summed E-state index contributed by atoms with van der Waals surface area (Å²) in [5, 5.41) is 19.9. The number of phenolic OH excluding ortho intramolecular Hbond substituents is 1. The zero-order valence-corrected chi connectivity index (χ0v) is 15.3. The van der Waals surface area contributed by atoms with Crippen molar-refractivity contribution in [3.05, 3.63) is 125 Å². The first-order valence-corrected chi connectivity index (χ1v) is 9.48. The molecule has 3 aromatic carbocycles. The fourth-order valence-corrected chi connectivity index (χ4v) is 4.63. The maximum absolute atomic E-state index is 10.0. The third-order valence-corrected chi connectivity index (χ3v) is 5.78. The van der Waals surface area contributed by atoms with Gasteiger partial charge in [-0.05, 0) is 64.1 Å². The molecule has 0 spiro atoms. The van der Waals surface area contributed by atoms with Gasteiger partial charge in [0.1, 0.15) is 11.5 Å². The van der Waals surface area contributed by atoms with Gasteiger partial charge in [-0.15, -0.1) is 0 Å². The van der Waals surface area contributed by atoms with Crippen LogP contribution in [0.3, 0.4) is 0 Å². The van der Waals surface area contributed by atoms with E-state index in [4.69, 9.17) is 0 Å². The first-order chi connectivity index (χ1) is 13.7. The van der Waals surface area contributed by atoms with E-state index in [0.717, 1.165) is 11.1 Å². The molecule has 0 saturated heterocycles. The molecule has 0 aromatic heterocycles. The lowest BCUT2D eigenvalue weighted by atomic mass is 9.67. The molecule has 2 aliphatic carbocycles. The summed E-state index contributed by atoms with van der Waals surface area (Å²) in [6, 6.07) is 24.5. The molecule has 0 saturated carbocycles. The summed E-state index contributed by atoms with van der Waals surface area (Å²) in [6.07, 6.45) is 8.46. The number of allylic oxidation sites excluding steroid dienone is 5. The molecular formula is C26H20O2. The molecule has 0 unspecified atom stereocenters. The first-order valence-electron chi connectivity index (χ1n) is 9.48. The number of hydrogen-bond acceptors (Lipinski definition) is 2. The largest absolute Gasteiger partial charge is 0.508 e. The van der Waals surface area contributed by atoms with Gasteiger partial charge in [0.25, 0.3) is 0 Å². The highest BCUT2D eigenvalue weighted by Crippen LogP contribution is 2.56. The Balaban J connectivity index is 1.90. The van der Waals surface area contributed by atoms with Crippen LogP contribution in [0.15, 0.2) is 108 Å². The zero-order valence-electron chi connectivity index (χ0n) is 15.3. The number of hydrogen-bond donors (Lipinski definition) is 2.